The smallest absolute Gasteiger partial charge is 0.0795 e. The van der Waals surface area contributed by atoms with Crippen LogP contribution in [0.4, 0.5) is 0 Å². The molecule has 0 saturated heterocycles. The second-order valence-corrected chi connectivity index (χ2v) is 3.37. The topological polar surface area (TPSA) is 24.9 Å². The van der Waals surface area contributed by atoms with Crippen LogP contribution in [0.2, 0.25) is 0 Å². The van der Waals surface area contributed by atoms with Gasteiger partial charge in [-0.2, -0.15) is 0 Å². The fourth-order valence-electron chi connectivity index (χ4n) is 1.13. The van der Waals surface area contributed by atoms with Crippen molar-refractivity contribution in [3.63, 3.8) is 0 Å². The maximum atomic E-state index is 4.28. The summed E-state index contributed by atoms with van der Waals surface area (Å²) >= 11 is 1.63. The molecule has 0 saturated carbocycles. The zero-order valence-corrected chi connectivity index (χ0v) is 8.82. The van der Waals surface area contributed by atoms with Gasteiger partial charge < -0.3 is 5.32 Å². The monoisotopic (exact) mass is 194 g/mol. The van der Waals surface area contributed by atoms with E-state index in [1.54, 1.807) is 11.3 Å². The average Bonchev–Trinajstić information content (AvgIpc) is 2.65. The first-order chi connectivity index (χ1) is 6.38. The molecule has 3 heteroatoms. The summed E-state index contributed by atoms with van der Waals surface area (Å²) in [7, 11) is 0. The lowest BCUT2D eigenvalue weighted by Gasteiger charge is -2.11. The number of nitrogens with zero attached hydrogens (tertiary/aromatic N) is 1. The van der Waals surface area contributed by atoms with E-state index in [2.05, 4.69) is 34.4 Å². The maximum Gasteiger partial charge on any atom is 0.0795 e. The van der Waals surface area contributed by atoms with Gasteiger partial charge in [0.25, 0.3) is 0 Å². The highest BCUT2D eigenvalue weighted by atomic mass is 32.1. The summed E-state index contributed by atoms with van der Waals surface area (Å²) in [6, 6.07) is 0.295. The zero-order valence-electron chi connectivity index (χ0n) is 8.00. The number of rotatable bonds is 4. The Morgan fingerprint density at radius 2 is 2.54 bits per heavy atom. The first-order valence-corrected chi connectivity index (χ1v) is 5.33. The molecule has 0 amide bonds. The van der Waals surface area contributed by atoms with Crippen LogP contribution < -0.4 is 5.32 Å². The standard InChI is InChI=1S/C10H14N2S/c1-3-5-6-9(11-4-2)10-7-13-8-12-10/h7-9,11H,4,6H2,1-2H3. The molecule has 0 bridgehead atoms. The Bertz CT molecular complexity index is 282. The molecule has 1 aromatic heterocycles. The minimum atomic E-state index is 0.295. The Balaban J connectivity index is 2.60. The summed E-state index contributed by atoms with van der Waals surface area (Å²) in [6.45, 7) is 4.91. The Morgan fingerprint density at radius 3 is 3.08 bits per heavy atom. The molecule has 1 unspecified atom stereocenters. The number of nitrogens with one attached hydrogen (secondary N) is 1. The molecular weight excluding hydrogens is 180 g/mol. The van der Waals surface area contributed by atoms with Gasteiger partial charge in [-0.05, 0) is 13.5 Å². The van der Waals surface area contributed by atoms with E-state index in [4.69, 9.17) is 0 Å². The van der Waals surface area contributed by atoms with E-state index in [9.17, 15) is 0 Å². The lowest BCUT2D eigenvalue weighted by atomic mass is 10.1. The number of hydrogen-bond acceptors (Lipinski definition) is 3. The molecule has 0 fully saturated rings. The molecule has 1 heterocycles. The van der Waals surface area contributed by atoms with Crippen molar-refractivity contribution in [2.45, 2.75) is 26.3 Å². The van der Waals surface area contributed by atoms with Gasteiger partial charge in [-0.15, -0.1) is 23.2 Å². The highest BCUT2D eigenvalue weighted by Gasteiger charge is 2.09. The van der Waals surface area contributed by atoms with Gasteiger partial charge in [0, 0.05) is 11.8 Å². The molecule has 13 heavy (non-hydrogen) atoms. The quantitative estimate of drug-likeness (QED) is 0.743. The molecule has 1 atom stereocenters. The van der Waals surface area contributed by atoms with Crippen LogP contribution in [-0.4, -0.2) is 11.5 Å². The van der Waals surface area contributed by atoms with Crippen molar-refractivity contribution >= 4 is 11.3 Å². The second-order valence-electron chi connectivity index (χ2n) is 2.65. The van der Waals surface area contributed by atoms with Crippen LogP contribution in [0.3, 0.4) is 0 Å². The van der Waals surface area contributed by atoms with E-state index in [0.29, 0.717) is 6.04 Å². The maximum absolute atomic E-state index is 4.28. The molecule has 0 spiro atoms. The molecular formula is C10H14N2S. The van der Waals surface area contributed by atoms with Crippen LogP contribution >= 0.6 is 11.3 Å². The minimum Gasteiger partial charge on any atom is -0.308 e. The van der Waals surface area contributed by atoms with Crippen molar-refractivity contribution in [3.05, 3.63) is 16.6 Å². The van der Waals surface area contributed by atoms with Crippen molar-refractivity contribution in [2.24, 2.45) is 0 Å². The van der Waals surface area contributed by atoms with E-state index >= 15 is 0 Å². The number of thiazole rings is 1. The van der Waals surface area contributed by atoms with Crippen molar-refractivity contribution in [1.82, 2.24) is 10.3 Å². The summed E-state index contributed by atoms with van der Waals surface area (Å²) in [5, 5.41) is 5.44. The molecule has 1 aromatic rings. The summed E-state index contributed by atoms with van der Waals surface area (Å²) < 4.78 is 0. The zero-order chi connectivity index (χ0) is 9.52. The van der Waals surface area contributed by atoms with E-state index in [-0.39, 0.29) is 0 Å². The van der Waals surface area contributed by atoms with Crippen molar-refractivity contribution < 1.29 is 0 Å². The lowest BCUT2D eigenvalue weighted by molar-refractivity contribution is 0.554. The van der Waals surface area contributed by atoms with Gasteiger partial charge >= 0.3 is 0 Å². The highest BCUT2D eigenvalue weighted by molar-refractivity contribution is 7.07. The summed E-state index contributed by atoms with van der Waals surface area (Å²) in [4.78, 5) is 4.28. The third-order valence-electron chi connectivity index (χ3n) is 1.74. The molecule has 70 valence electrons. The highest BCUT2D eigenvalue weighted by Crippen LogP contribution is 2.15. The van der Waals surface area contributed by atoms with Gasteiger partial charge in [0.2, 0.25) is 0 Å². The van der Waals surface area contributed by atoms with Crippen LogP contribution in [0.5, 0.6) is 0 Å². The molecule has 0 aromatic carbocycles. The third kappa shape index (κ3) is 3.17. The van der Waals surface area contributed by atoms with Gasteiger partial charge in [-0.25, -0.2) is 4.98 Å². The molecule has 0 radical (unpaired) electrons. The van der Waals surface area contributed by atoms with E-state index < -0.39 is 0 Å². The Labute approximate surface area is 83.4 Å². The van der Waals surface area contributed by atoms with Gasteiger partial charge in [0.15, 0.2) is 0 Å². The van der Waals surface area contributed by atoms with Crippen LogP contribution in [0.25, 0.3) is 0 Å². The minimum absolute atomic E-state index is 0.295. The third-order valence-corrected chi connectivity index (χ3v) is 2.35. The Hall–Kier alpha value is -0.850. The normalized spacial score (nSPS) is 11.8. The number of aromatic nitrogens is 1. The van der Waals surface area contributed by atoms with Gasteiger partial charge in [0.05, 0.1) is 17.2 Å². The molecule has 0 aliphatic carbocycles. The van der Waals surface area contributed by atoms with Crippen molar-refractivity contribution in [2.75, 3.05) is 6.54 Å². The van der Waals surface area contributed by atoms with Crippen molar-refractivity contribution in [3.8, 4) is 11.8 Å². The van der Waals surface area contributed by atoms with Crippen LogP contribution in [0.15, 0.2) is 10.9 Å². The van der Waals surface area contributed by atoms with E-state index in [1.807, 2.05) is 12.4 Å². The molecule has 0 aliphatic heterocycles. The van der Waals surface area contributed by atoms with Crippen LogP contribution in [-0.2, 0) is 0 Å². The SMILES string of the molecule is CC#CCC(NCC)c1cscn1. The molecule has 1 N–H and O–H groups in total. The summed E-state index contributed by atoms with van der Waals surface area (Å²) in [6.07, 6.45) is 0.841. The van der Waals surface area contributed by atoms with E-state index in [1.165, 1.54) is 0 Å². The second kappa shape index (κ2) is 5.74. The Morgan fingerprint density at radius 1 is 1.69 bits per heavy atom. The first-order valence-electron chi connectivity index (χ1n) is 4.39. The predicted molar refractivity (Wildman–Crippen MR) is 56.6 cm³/mol. The van der Waals surface area contributed by atoms with Crippen molar-refractivity contribution in [1.29, 1.82) is 0 Å². The first kappa shape index (κ1) is 10.2. The molecule has 1 rings (SSSR count). The van der Waals surface area contributed by atoms with Crippen LogP contribution in [0.1, 0.15) is 32.0 Å². The largest absolute Gasteiger partial charge is 0.308 e. The molecule has 0 aliphatic rings. The van der Waals surface area contributed by atoms with E-state index in [0.717, 1.165) is 18.7 Å². The van der Waals surface area contributed by atoms with Gasteiger partial charge in [-0.1, -0.05) is 6.92 Å². The summed E-state index contributed by atoms with van der Waals surface area (Å²) in [5.41, 5.74) is 2.97. The average molecular weight is 194 g/mol. The predicted octanol–water partition coefficient (Wildman–Crippen LogP) is 2.21. The Kier molecular flexibility index (Phi) is 4.52. The molecule has 2 nitrogen and oxygen atoms in total. The summed E-state index contributed by atoms with van der Waals surface area (Å²) in [5.74, 6) is 5.98. The van der Waals surface area contributed by atoms with Crippen LogP contribution in [0, 0.1) is 11.8 Å². The fourth-order valence-corrected chi connectivity index (χ4v) is 1.73. The fraction of sp³-hybridized carbons (Fsp3) is 0.500. The lowest BCUT2D eigenvalue weighted by Crippen LogP contribution is -2.20. The van der Waals surface area contributed by atoms with Gasteiger partial charge in [-0.3, -0.25) is 0 Å². The van der Waals surface area contributed by atoms with Gasteiger partial charge in [0.1, 0.15) is 0 Å². The number of hydrogen-bond donors (Lipinski definition) is 1.